The average molecular weight is 253 g/mol. The zero-order chi connectivity index (χ0) is 12.7. The van der Waals surface area contributed by atoms with E-state index in [1.54, 1.807) is 12.1 Å². The summed E-state index contributed by atoms with van der Waals surface area (Å²) in [6, 6.07) is 3.27. The van der Waals surface area contributed by atoms with Crippen molar-refractivity contribution in [1.82, 2.24) is 4.98 Å². The van der Waals surface area contributed by atoms with Crippen molar-refractivity contribution < 1.29 is 9.53 Å². The molecule has 0 saturated heterocycles. The molecule has 0 atom stereocenters. The molecule has 0 unspecified atom stereocenters. The quantitative estimate of drug-likeness (QED) is 0.387. The Balaban J connectivity index is 2.49. The van der Waals surface area contributed by atoms with Crippen LogP contribution in [0, 0.1) is 11.8 Å². The summed E-state index contributed by atoms with van der Waals surface area (Å²) in [6.45, 7) is 0. The van der Waals surface area contributed by atoms with E-state index in [2.05, 4.69) is 21.6 Å². The summed E-state index contributed by atoms with van der Waals surface area (Å²) < 4.78 is 4.51. The molecule has 1 aromatic rings. The molecule has 0 radical (unpaired) electrons. The molecule has 0 aliphatic heterocycles. The Labute approximate surface area is 105 Å². The van der Waals surface area contributed by atoms with Crippen LogP contribution in [0.4, 0.5) is 5.69 Å². The average Bonchev–Trinajstić information content (AvgIpc) is 2.32. The van der Waals surface area contributed by atoms with E-state index in [1.165, 1.54) is 7.11 Å². The van der Waals surface area contributed by atoms with Gasteiger partial charge in [-0.3, -0.25) is 4.79 Å². The summed E-state index contributed by atoms with van der Waals surface area (Å²) >= 11 is 5.72. The first-order chi connectivity index (χ1) is 8.13. The normalized spacial score (nSPS) is 9.29. The van der Waals surface area contributed by atoms with Crippen LogP contribution in [0.5, 0.6) is 0 Å². The third kappa shape index (κ3) is 4.75. The number of esters is 1. The van der Waals surface area contributed by atoms with Gasteiger partial charge in [0.25, 0.3) is 0 Å². The van der Waals surface area contributed by atoms with Crippen LogP contribution < -0.4 is 5.73 Å². The minimum atomic E-state index is -0.229. The number of carbonyl (C=O) groups is 1. The number of pyridine rings is 1. The number of hydrogen-bond donors (Lipinski definition) is 1. The fourth-order valence-electron chi connectivity index (χ4n) is 1.12. The van der Waals surface area contributed by atoms with Gasteiger partial charge >= 0.3 is 5.97 Å². The lowest BCUT2D eigenvalue weighted by Gasteiger charge is -1.97. The Morgan fingerprint density at radius 1 is 1.59 bits per heavy atom. The van der Waals surface area contributed by atoms with E-state index >= 15 is 0 Å². The second-order valence-electron chi connectivity index (χ2n) is 3.30. The Hall–Kier alpha value is -1.73. The summed E-state index contributed by atoms with van der Waals surface area (Å²) in [6.07, 6.45) is 1.60. The lowest BCUT2D eigenvalue weighted by Crippen LogP contribution is -1.98. The molecule has 90 valence electrons. The molecule has 17 heavy (non-hydrogen) atoms. The molecular weight excluding hydrogens is 240 g/mol. The lowest BCUT2D eigenvalue weighted by molar-refractivity contribution is -0.140. The number of anilines is 1. The fourth-order valence-corrected chi connectivity index (χ4v) is 1.26. The van der Waals surface area contributed by atoms with Crippen molar-refractivity contribution in [3.63, 3.8) is 0 Å². The second kappa shape index (κ2) is 6.77. The third-order valence-corrected chi connectivity index (χ3v) is 2.22. The number of unbranched alkanes of at least 4 members (excludes halogenated alkanes) is 1. The lowest BCUT2D eigenvalue weighted by atomic mass is 10.2. The zero-order valence-corrected chi connectivity index (χ0v) is 10.3. The smallest absolute Gasteiger partial charge is 0.305 e. The van der Waals surface area contributed by atoms with Gasteiger partial charge in [0.2, 0.25) is 0 Å². The van der Waals surface area contributed by atoms with Crippen molar-refractivity contribution in [1.29, 1.82) is 0 Å². The first-order valence-electron chi connectivity index (χ1n) is 5.11. The van der Waals surface area contributed by atoms with E-state index in [1.807, 2.05) is 0 Å². The molecule has 1 aromatic heterocycles. The number of aromatic nitrogens is 1. The molecule has 1 rings (SSSR count). The second-order valence-corrected chi connectivity index (χ2v) is 3.69. The number of methoxy groups -OCH3 is 1. The Kier molecular flexibility index (Phi) is 5.31. The predicted molar refractivity (Wildman–Crippen MR) is 66.4 cm³/mol. The summed E-state index contributed by atoms with van der Waals surface area (Å²) in [5, 5.41) is 0.359. The van der Waals surface area contributed by atoms with Crippen molar-refractivity contribution in [2.75, 3.05) is 12.8 Å². The number of rotatable bonds is 3. The topological polar surface area (TPSA) is 65.2 Å². The van der Waals surface area contributed by atoms with E-state index in [-0.39, 0.29) is 5.97 Å². The number of ether oxygens (including phenoxy) is 1. The van der Waals surface area contributed by atoms with E-state index in [9.17, 15) is 4.79 Å². The van der Waals surface area contributed by atoms with Gasteiger partial charge in [0.05, 0.1) is 12.8 Å². The molecule has 2 N–H and O–H groups in total. The van der Waals surface area contributed by atoms with Crippen molar-refractivity contribution in [3.8, 4) is 11.8 Å². The van der Waals surface area contributed by atoms with Crippen LogP contribution in [0.15, 0.2) is 12.1 Å². The van der Waals surface area contributed by atoms with Gasteiger partial charge in [-0.25, -0.2) is 4.98 Å². The van der Waals surface area contributed by atoms with Crippen LogP contribution in [0.25, 0.3) is 0 Å². The maximum absolute atomic E-state index is 10.8. The van der Waals surface area contributed by atoms with Gasteiger partial charge in [0.15, 0.2) is 0 Å². The molecule has 0 aromatic carbocycles. The van der Waals surface area contributed by atoms with E-state index in [4.69, 9.17) is 17.3 Å². The molecule has 0 aliphatic carbocycles. The van der Waals surface area contributed by atoms with Gasteiger partial charge in [-0.15, -0.1) is 0 Å². The Bertz CT molecular complexity index is 463. The summed E-state index contributed by atoms with van der Waals surface area (Å²) in [4.78, 5) is 14.8. The molecule has 0 aliphatic rings. The molecule has 0 bridgehead atoms. The van der Waals surface area contributed by atoms with Crippen LogP contribution in [0.3, 0.4) is 0 Å². The van der Waals surface area contributed by atoms with E-state index in [0.29, 0.717) is 35.8 Å². The zero-order valence-electron chi connectivity index (χ0n) is 9.50. The van der Waals surface area contributed by atoms with Crippen LogP contribution in [0.1, 0.15) is 25.0 Å². The first-order valence-corrected chi connectivity index (χ1v) is 5.49. The molecule has 4 nitrogen and oxygen atoms in total. The van der Waals surface area contributed by atoms with Gasteiger partial charge in [-0.2, -0.15) is 0 Å². The Morgan fingerprint density at radius 2 is 2.35 bits per heavy atom. The molecule has 0 saturated carbocycles. The van der Waals surface area contributed by atoms with Crippen molar-refractivity contribution in [3.05, 3.63) is 23.0 Å². The largest absolute Gasteiger partial charge is 0.469 e. The third-order valence-electron chi connectivity index (χ3n) is 2.01. The van der Waals surface area contributed by atoms with Crippen LogP contribution in [0.2, 0.25) is 5.15 Å². The molecule has 1 heterocycles. The molecular formula is C12H13ClN2O2. The fraction of sp³-hybridized carbons (Fsp3) is 0.333. The summed E-state index contributed by atoms with van der Waals surface area (Å²) in [5.41, 5.74) is 6.64. The van der Waals surface area contributed by atoms with Gasteiger partial charge in [0.1, 0.15) is 10.8 Å². The molecule has 5 heteroatoms. The van der Waals surface area contributed by atoms with Crippen molar-refractivity contribution in [2.24, 2.45) is 0 Å². The van der Waals surface area contributed by atoms with E-state index < -0.39 is 0 Å². The van der Waals surface area contributed by atoms with Gasteiger partial charge < -0.3 is 10.5 Å². The SMILES string of the molecule is COC(=O)CCCC#Cc1nc(Cl)ccc1N. The highest BCUT2D eigenvalue weighted by atomic mass is 35.5. The number of carbonyl (C=O) groups excluding carboxylic acids is 1. The van der Waals surface area contributed by atoms with Crippen LogP contribution >= 0.6 is 11.6 Å². The highest BCUT2D eigenvalue weighted by Gasteiger charge is 1.99. The minimum Gasteiger partial charge on any atom is -0.469 e. The van der Waals surface area contributed by atoms with Gasteiger partial charge in [-0.1, -0.05) is 17.5 Å². The van der Waals surface area contributed by atoms with Gasteiger partial charge in [-0.05, 0) is 24.5 Å². The predicted octanol–water partition coefficient (Wildman–Crippen LogP) is 2.01. The molecule has 0 amide bonds. The number of hydrogen-bond acceptors (Lipinski definition) is 4. The maximum Gasteiger partial charge on any atom is 0.305 e. The van der Waals surface area contributed by atoms with Crippen LogP contribution in [-0.2, 0) is 9.53 Å². The number of nitrogen functional groups attached to an aromatic ring is 1. The van der Waals surface area contributed by atoms with Crippen LogP contribution in [-0.4, -0.2) is 18.1 Å². The maximum atomic E-state index is 10.8. The highest BCUT2D eigenvalue weighted by Crippen LogP contribution is 2.12. The standard InChI is InChI=1S/C12H13ClN2O2/c1-17-12(16)6-4-2-3-5-10-9(14)7-8-11(13)15-10/h7-8H,2,4,6,14H2,1H3. The highest BCUT2D eigenvalue weighted by molar-refractivity contribution is 6.29. The first kappa shape index (κ1) is 13.3. The molecule has 0 fully saturated rings. The minimum absolute atomic E-state index is 0.229. The number of nitrogens with zero attached hydrogens (tertiary/aromatic N) is 1. The van der Waals surface area contributed by atoms with Gasteiger partial charge in [0, 0.05) is 12.8 Å². The Morgan fingerprint density at radius 3 is 3.06 bits per heavy atom. The summed E-state index contributed by atoms with van der Waals surface area (Å²) in [7, 11) is 1.37. The van der Waals surface area contributed by atoms with Crippen molar-refractivity contribution in [2.45, 2.75) is 19.3 Å². The monoisotopic (exact) mass is 252 g/mol. The van der Waals surface area contributed by atoms with Crippen molar-refractivity contribution >= 4 is 23.3 Å². The summed E-state index contributed by atoms with van der Waals surface area (Å²) in [5.74, 6) is 5.48. The number of halogens is 1. The van der Waals surface area contributed by atoms with E-state index in [0.717, 1.165) is 0 Å². The number of nitrogens with two attached hydrogens (primary N) is 1. The molecule has 0 spiro atoms.